The fourth-order valence-corrected chi connectivity index (χ4v) is 2.96. The van der Waals surface area contributed by atoms with Crippen LogP contribution in [0.1, 0.15) is 30.4 Å². The van der Waals surface area contributed by atoms with E-state index in [-0.39, 0.29) is 29.5 Å². The van der Waals surface area contributed by atoms with Crippen molar-refractivity contribution in [3.63, 3.8) is 0 Å². The van der Waals surface area contributed by atoms with Crippen LogP contribution < -0.4 is 16.2 Å². The normalized spacial score (nSPS) is 10.9. The van der Waals surface area contributed by atoms with Gasteiger partial charge in [0.05, 0.1) is 16.4 Å². The summed E-state index contributed by atoms with van der Waals surface area (Å²) in [5, 5.41) is 21.9. The summed E-state index contributed by atoms with van der Waals surface area (Å²) >= 11 is 0. The smallest absolute Gasteiger partial charge is 0.292 e. The van der Waals surface area contributed by atoms with Gasteiger partial charge < -0.3 is 10.6 Å². The summed E-state index contributed by atoms with van der Waals surface area (Å²) in [6.45, 7) is 4.16. The lowest BCUT2D eigenvalue weighted by atomic mass is 10.1. The first-order valence-electron chi connectivity index (χ1n) is 9.17. The molecule has 3 rings (SSSR count). The number of amides is 1. The standard InChI is InChI=1S/C20H21N5O4/c1-13(2)24-20(27)15-8-4-3-7-14(15)18(23-24)19(26)22-12-11-21-16-9-5-6-10-17(16)25(28)29/h3-10,13,21H,11-12H2,1-2H3,(H,22,26). The van der Waals surface area contributed by atoms with Gasteiger partial charge in [-0.05, 0) is 26.0 Å². The minimum absolute atomic E-state index is 0.0319. The molecule has 0 radical (unpaired) electrons. The quantitative estimate of drug-likeness (QED) is 0.361. The van der Waals surface area contributed by atoms with E-state index in [4.69, 9.17) is 0 Å². The van der Waals surface area contributed by atoms with Gasteiger partial charge in [-0.25, -0.2) is 4.68 Å². The van der Waals surface area contributed by atoms with Crippen LogP contribution >= 0.6 is 0 Å². The highest BCUT2D eigenvalue weighted by molar-refractivity contribution is 6.04. The van der Waals surface area contributed by atoms with E-state index in [1.54, 1.807) is 42.5 Å². The maximum atomic E-state index is 12.7. The predicted molar refractivity (Wildman–Crippen MR) is 110 cm³/mol. The highest BCUT2D eigenvalue weighted by Crippen LogP contribution is 2.22. The molecule has 150 valence electrons. The van der Waals surface area contributed by atoms with E-state index in [1.807, 2.05) is 13.8 Å². The Balaban J connectivity index is 1.75. The molecule has 1 heterocycles. The van der Waals surface area contributed by atoms with E-state index in [0.717, 1.165) is 0 Å². The predicted octanol–water partition coefficient (Wildman–Crippen LogP) is 2.73. The van der Waals surface area contributed by atoms with Crippen LogP contribution in [0.2, 0.25) is 0 Å². The summed E-state index contributed by atoms with van der Waals surface area (Å²) in [5.41, 5.74) is 0.268. The second-order valence-electron chi connectivity index (χ2n) is 6.69. The molecule has 0 saturated heterocycles. The van der Waals surface area contributed by atoms with Gasteiger partial charge in [-0.1, -0.05) is 30.3 Å². The molecule has 9 nitrogen and oxygen atoms in total. The highest BCUT2D eigenvalue weighted by atomic mass is 16.6. The van der Waals surface area contributed by atoms with Gasteiger partial charge >= 0.3 is 0 Å². The number of rotatable bonds is 7. The Hall–Kier alpha value is -3.75. The number of nitrogens with zero attached hydrogens (tertiary/aromatic N) is 3. The first-order chi connectivity index (χ1) is 13.9. The molecule has 29 heavy (non-hydrogen) atoms. The molecule has 0 fully saturated rings. The lowest BCUT2D eigenvalue weighted by Gasteiger charge is -2.13. The van der Waals surface area contributed by atoms with Crippen LogP contribution in [-0.4, -0.2) is 33.7 Å². The first-order valence-corrected chi connectivity index (χ1v) is 9.17. The van der Waals surface area contributed by atoms with Crippen molar-refractivity contribution in [2.45, 2.75) is 19.9 Å². The highest BCUT2D eigenvalue weighted by Gasteiger charge is 2.17. The zero-order valence-corrected chi connectivity index (χ0v) is 16.1. The van der Waals surface area contributed by atoms with Crippen molar-refractivity contribution in [1.82, 2.24) is 15.1 Å². The topological polar surface area (TPSA) is 119 Å². The fraction of sp³-hybridized carbons (Fsp3) is 0.250. The van der Waals surface area contributed by atoms with E-state index >= 15 is 0 Å². The molecule has 1 amide bonds. The molecule has 3 aromatic rings. The van der Waals surface area contributed by atoms with E-state index in [0.29, 0.717) is 23.0 Å². The fourth-order valence-electron chi connectivity index (χ4n) is 2.96. The molecule has 0 aliphatic carbocycles. The Kier molecular flexibility index (Phi) is 5.87. The molecule has 2 N–H and O–H groups in total. The number of fused-ring (bicyclic) bond motifs is 1. The summed E-state index contributed by atoms with van der Waals surface area (Å²) in [7, 11) is 0. The minimum atomic E-state index is -0.466. The maximum absolute atomic E-state index is 12.7. The summed E-state index contributed by atoms with van der Waals surface area (Å²) in [6, 6.07) is 13.0. The molecule has 0 atom stereocenters. The van der Waals surface area contributed by atoms with E-state index in [9.17, 15) is 19.7 Å². The number of aromatic nitrogens is 2. The van der Waals surface area contributed by atoms with Crippen molar-refractivity contribution in [3.05, 3.63) is 74.7 Å². The second-order valence-corrected chi connectivity index (χ2v) is 6.69. The third kappa shape index (κ3) is 4.23. The molecule has 1 aromatic heterocycles. The number of nitro benzene ring substituents is 1. The number of nitro groups is 1. The molecule has 0 saturated carbocycles. The second kappa shape index (κ2) is 8.51. The third-order valence-corrected chi connectivity index (χ3v) is 4.36. The van der Waals surface area contributed by atoms with Gasteiger partial charge in [-0.2, -0.15) is 5.10 Å². The third-order valence-electron chi connectivity index (χ3n) is 4.36. The van der Waals surface area contributed by atoms with Crippen LogP contribution in [0.15, 0.2) is 53.3 Å². The van der Waals surface area contributed by atoms with Crippen LogP contribution in [0.5, 0.6) is 0 Å². The van der Waals surface area contributed by atoms with Crippen molar-refractivity contribution in [3.8, 4) is 0 Å². The van der Waals surface area contributed by atoms with Gasteiger partial charge in [0, 0.05) is 24.5 Å². The van der Waals surface area contributed by atoms with Gasteiger partial charge in [0.2, 0.25) is 0 Å². The van der Waals surface area contributed by atoms with Crippen molar-refractivity contribution >= 4 is 28.1 Å². The summed E-state index contributed by atoms with van der Waals surface area (Å²) in [5.74, 6) is -0.417. The van der Waals surface area contributed by atoms with Crippen molar-refractivity contribution in [1.29, 1.82) is 0 Å². The molecule has 2 aromatic carbocycles. The Labute approximate surface area is 166 Å². The zero-order valence-electron chi connectivity index (χ0n) is 16.1. The number of carbonyl (C=O) groups excluding carboxylic acids is 1. The molecule has 9 heteroatoms. The largest absolute Gasteiger partial charge is 0.378 e. The number of hydrogen-bond acceptors (Lipinski definition) is 6. The summed E-state index contributed by atoms with van der Waals surface area (Å²) in [4.78, 5) is 35.8. The monoisotopic (exact) mass is 395 g/mol. The van der Waals surface area contributed by atoms with Gasteiger partial charge in [-0.15, -0.1) is 0 Å². The summed E-state index contributed by atoms with van der Waals surface area (Å²) in [6.07, 6.45) is 0. The first kappa shape index (κ1) is 20.0. The molecular formula is C20H21N5O4. The lowest BCUT2D eigenvalue weighted by Crippen LogP contribution is -2.33. The molecule has 0 unspecified atom stereocenters. The van der Waals surface area contributed by atoms with Crippen molar-refractivity contribution in [2.24, 2.45) is 0 Å². The molecule has 0 aliphatic heterocycles. The average molecular weight is 395 g/mol. The van der Waals surface area contributed by atoms with Crippen LogP contribution in [0.25, 0.3) is 10.8 Å². The Morgan fingerprint density at radius 1 is 1.10 bits per heavy atom. The van der Waals surface area contributed by atoms with Gasteiger partial charge in [0.1, 0.15) is 5.69 Å². The van der Waals surface area contributed by atoms with Gasteiger partial charge in [0.25, 0.3) is 17.2 Å². The van der Waals surface area contributed by atoms with Crippen LogP contribution in [0.4, 0.5) is 11.4 Å². The molecular weight excluding hydrogens is 374 g/mol. The van der Waals surface area contributed by atoms with E-state index in [1.165, 1.54) is 10.7 Å². The summed E-state index contributed by atoms with van der Waals surface area (Å²) < 4.78 is 1.29. The van der Waals surface area contributed by atoms with Crippen molar-refractivity contribution < 1.29 is 9.72 Å². The van der Waals surface area contributed by atoms with Crippen LogP contribution in [-0.2, 0) is 0 Å². The molecule has 0 aliphatic rings. The lowest BCUT2D eigenvalue weighted by molar-refractivity contribution is -0.384. The van der Waals surface area contributed by atoms with Crippen LogP contribution in [0.3, 0.4) is 0 Å². The SMILES string of the molecule is CC(C)n1nc(C(=O)NCCNc2ccccc2[N+](=O)[O-])c2ccccc2c1=O. The Bertz CT molecular complexity index is 1120. The number of para-hydroxylation sites is 2. The number of hydrogen-bond donors (Lipinski definition) is 2. The van der Waals surface area contributed by atoms with Gasteiger partial charge in [-0.3, -0.25) is 19.7 Å². The number of anilines is 1. The number of benzene rings is 2. The Morgan fingerprint density at radius 3 is 2.45 bits per heavy atom. The maximum Gasteiger partial charge on any atom is 0.292 e. The zero-order chi connectivity index (χ0) is 21.0. The Morgan fingerprint density at radius 2 is 1.76 bits per heavy atom. The average Bonchev–Trinajstić information content (AvgIpc) is 2.71. The molecule has 0 spiro atoms. The number of nitrogens with one attached hydrogen (secondary N) is 2. The van der Waals surface area contributed by atoms with E-state index < -0.39 is 10.8 Å². The number of carbonyl (C=O) groups is 1. The minimum Gasteiger partial charge on any atom is -0.378 e. The molecule has 0 bridgehead atoms. The van der Waals surface area contributed by atoms with Crippen molar-refractivity contribution in [2.75, 3.05) is 18.4 Å². The van der Waals surface area contributed by atoms with Gasteiger partial charge in [0.15, 0.2) is 5.69 Å². The van der Waals surface area contributed by atoms with Crippen LogP contribution in [0, 0.1) is 10.1 Å². The van der Waals surface area contributed by atoms with E-state index in [2.05, 4.69) is 15.7 Å².